The van der Waals surface area contributed by atoms with Crippen molar-refractivity contribution in [2.24, 2.45) is 17.8 Å². The van der Waals surface area contributed by atoms with Crippen LogP contribution in [0, 0.1) is 17.8 Å². The SMILES string of the molecule is O=C(O)C1CCCC1C(=O)N1CC(CO)C1. The molecule has 2 atom stereocenters. The van der Waals surface area contributed by atoms with Gasteiger partial charge in [0.05, 0.1) is 11.8 Å². The maximum absolute atomic E-state index is 12.0. The van der Waals surface area contributed by atoms with E-state index >= 15 is 0 Å². The minimum atomic E-state index is -0.852. The molecular formula is C11H17NO4. The topological polar surface area (TPSA) is 77.8 Å². The van der Waals surface area contributed by atoms with Crippen molar-refractivity contribution >= 4 is 11.9 Å². The van der Waals surface area contributed by atoms with Crippen molar-refractivity contribution < 1.29 is 19.8 Å². The van der Waals surface area contributed by atoms with E-state index < -0.39 is 11.9 Å². The van der Waals surface area contributed by atoms with Crippen molar-refractivity contribution in [1.29, 1.82) is 0 Å². The molecule has 0 radical (unpaired) electrons. The lowest BCUT2D eigenvalue weighted by atomic mass is 9.91. The summed E-state index contributed by atoms with van der Waals surface area (Å²) in [6, 6.07) is 0. The third-order valence-electron chi connectivity index (χ3n) is 3.68. The molecule has 0 aromatic rings. The molecule has 0 aromatic carbocycles. The largest absolute Gasteiger partial charge is 0.481 e. The Morgan fingerprint density at radius 3 is 2.38 bits per heavy atom. The number of carboxylic acids is 1. The Morgan fingerprint density at radius 2 is 1.81 bits per heavy atom. The van der Waals surface area contributed by atoms with Crippen molar-refractivity contribution in [1.82, 2.24) is 4.90 Å². The van der Waals surface area contributed by atoms with Crippen LogP contribution in [-0.4, -0.2) is 46.7 Å². The van der Waals surface area contributed by atoms with Gasteiger partial charge in [-0.1, -0.05) is 6.42 Å². The minimum Gasteiger partial charge on any atom is -0.481 e. The van der Waals surface area contributed by atoms with Crippen LogP contribution in [0.25, 0.3) is 0 Å². The molecule has 2 N–H and O–H groups in total. The fraction of sp³-hybridized carbons (Fsp3) is 0.818. The van der Waals surface area contributed by atoms with Gasteiger partial charge in [-0.3, -0.25) is 9.59 Å². The average molecular weight is 227 g/mol. The van der Waals surface area contributed by atoms with E-state index in [1.54, 1.807) is 4.90 Å². The summed E-state index contributed by atoms with van der Waals surface area (Å²) < 4.78 is 0. The standard InChI is InChI=1S/C11H17NO4/c13-6-7-4-12(5-7)10(14)8-2-1-3-9(8)11(15)16/h7-9,13H,1-6H2,(H,15,16). The van der Waals surface area contributed by atoms with Crippen LogP contribution in [0.2, 0.25) is 0 Å². The van der Waals surface area contributed by atoms with Gasteiger partial charge in [0.1, 0.15) is 0 Å². The molecule has 2 rings (SSSR count). The molecule has 1 saturated carbocycles. The number of nitrogens with zero attached hydrogens (tertiary/aromatic N) is 1. The van der Waals surface area contributed by atoms with Crippen LogP contribution >= 0.6 is 0 Å². The monoisotopic (exact) mass is 227 g/mol. The Bertz CT molecular complexity index is 298. The molecule has 1 aliphatic carbocycles. The zero-order valence-corrected chi connectivity index (χ0v) is 9.13. The Labute approximate surface area is 94.0 Å². The highest BCUT2D eigenvalue weighted by Crippen LogP contribution is 2.34. The van der Waals surface area contributed by atoms with Crippen LogP contribution in [0.5, 0.6) is 0 Å². The molecule has 2 unspecified atom stereocenters. The Kier molecular flexibility index (Phi) is 3.14. The summed E-state index contributed by atoms with van der Waals surface area (Å²) in [5.41, 5.74) is 0. The highest BCUT2D eigenvalue weighted by Gasteiger charge is 2.42. The van der Waals surface area contributed by atoms with Gasteiger partial charge in [0.25, 0.3) is 0 Å². The molecule has 5 nitrogen and oxygen atoms in total. The Balaban J connectivity index is 1.92. The molecule has 2 fully saturated rings. The molecule has 1 saturated heterocycles. The van der Waals surface area contributed by atoms with E-state index in [-0.39, 0.29) is 24.3 Å². The van der Waals surface area contributed by atoms with Crippen molar-refractivity contribution in [3.63, 3.8) is 0 Å². The molecule has 1 heterocycles. The van der Waals surface area contributed by atoms with Crippen LogP contribution in [0.4, 0.5) is 0 Å². The second-order valence-corrected chi connectivity index (χ2v) is 4.77. The number of likely N-dealkylation sites (tertiary alicyclic amines) is 1. The zero-order chi connectivity index (χ0) is 11.7. The molecule has 16 heavy (non-hydrogen) atoms. The van der Waals surface area contributed by atoms with Gasteiger partial charge in [-0.05, 0) is 12.8 Å². The molecule has 0 aromatic heterocycles. The number of amides is 1. The first-order valence-corrected chi connectivity index (χ1v) is 5.76. The van der Waals surface area contributed by atoms with E-state index in [4.69, 9.17) is 10.2 Å². The van der Waals surface area contributed by atoms with Gasteiger partial charge in [-0.2, -0.15) is 0 Å². The number of carbonyl (C=O) groups excluding carboxylic acids is 1. The number of aliphatic hydroxyl groups excluding tert-OH is 1. The summed E-state index contributed by atoms with van der Waals surface area (Å²) in [5, 5.41) is 17.9. The Morgan fingerprint density at radius 1 is 1.19 bits per heavy atom. The van der Waals surface area contributed by atoms with E-state index in [1.165, 1.54) is 0 Å². The molecule has 1 aliphatic heterocycles. The van der Waals surface area contributed by atoms with Gasteiger partial charge < -0.3 is 15.1 Å². The summed E-state index contributed by atoms with van der Waals surface area (Å²) in [5.74, 6) is -1.53. The molecule has 5 heteroatoms. The van der Waals surface area contributed by atoms with Gasteiger partial charge in [0.2, 0.25) is 5.91 Å². The fourth-order valence-electron chi connectivity index (χ4n) is 2.65. The first-order chi connectivity index (χ1) is 7.63. The van der Waals surface area contributed by atoms with E-state index in [0.29, 0.717) is 25.9 Å². The van der Waals surface area contributed by atoms with Crippen molar-refractivity contribution in [2.45, 2.75) is 19.3 Å². The number of aliphatic carboxylic acids is 1. The molecule has 1 amide bonds. The van der Waals surface area contributed by atoms with Crippen molar-refractivity contribution in [2.75, 3.05) is 19.7 Å². The van der Waals surface area contributed by atoms with E-state index in [1.807, 2.05) is 0 Å². The minimum absolute atomic E-state index is 0.0328. The fourth-order valence-corrected chi connectivity index (χ4v) is 2.65. The summed E-state index contributed by atoms with van der Waals surface area (Å²) in [6.45, 7) is 1.27. The Hall–Kier alpha value is -1.10. The van der Waals surface area contributed by atoms with Gasteiger partial charge >= 0.3 is 5.97 Å². The lowest BCUT2D eigenvalue weighted by Gasteiger charge is -2.40. The lowest BCUT2D eigenvalue weighted by molar-refractivity contribution is -0.152. The predicted molar refractivity (Wildman–Crippen MR) is 55.6 cm³/mol. The summed E-state index contributed by atoms with van der Waals surface area (Å²) >= 11 is 0. The second kappa shape index (κ2) is 4.41. The van der Waals surface area contributed by atoms with Gasteiger partial charge in [0, 0.05) is 25.6 Å². The number of rotatable bonds is 3. The molecule has 0 bridgehead atoms. The summed E-state index contributed by atoms with van der Waals surface area (Å²) in [4.78, 5) is 24.6. The van der Waals surface area contributed by atoms with Crippen LogP contribution in [0.1, 0.15) is 19.3 Å². The lowest BCUT2D eigenvalue weighted by Crippen LogP contribution is -2.54. The van der Waals surface area contributed by atoms with Crippen LogP contribution < -0.4 is 0 Å². The third kappa shape index (κ3) is 1.91. The smallest absolute Gasteiger partial charge is 0.307 e. The van der Waals surface area contributed by atoms with Crippen LogP contribution in [0.3, 0.4) is 0 Å². The zero-order valence-electron chi connectivity index (χ0n) is 9.13. The second-order valence-electron chi connectivity index (χ2n) is 4.77. The van der Waals surface area contributed by atoms with Gasteiger partial charge in [0.15, 0.2) is 0 Å². The van der Waals surface area contributed by atoms with Crippen molar-refractivity contribution in [3.05, 3.63) is 0 Å². The summed E-state index contributed by atoms with van der Waals surface area (Å²) in [7, 11) is 0. The van der Waals surface area contributed by atoms with Crippen LogP contribution in [-0.2, 0) is 9.59 Å². The number of hydrogen-bond donors (Lipinski definition) is 2. The van der Waals surface area contributed by atoms with E-state index in [2.05, 4.69) is 0 Å². The third-order valence-corrected chi connectivity index (χ3v) is 3.68. The quantitative estimate of drug-likeness (QED) is 0.708. The van der Waals surface area contributed by atoms with E-state index in [9.17, 15) is 9.59 Å². The predicted octanol–water partition coefficient (Wildman–Crippen LogP) is -0.0620. The average Bonchev–Trinajstić information content (AvgIpc) is 2.63. The number of carbonyl (C=O) groups is 2. The van der Waals surface area contributed by atoms with Crippen molar-refractivity contribution in [3.8, 4) is 0 Å². The maximum Gasteiger partial charge on any atom is 0.307 e. The highest BCUT2D eigenvalue weighted by molar-refractivity contribution is 5.85. The maximum atomic E-state index is 12.0. The normalized spacial score (nSPS) is 30.2. The first-order valence-electron chi connectivity index (χ1n) is 5.76. The molecule has 0 spiro atoms. The number of hydrogen-bond acceptors (Lipinski definition) is 3. The van der Waals surface area contributed by atoms with Crippen LogP contribution in [0.15, 0.2) is 0 Å². The van der Waals surface area contributed by atoms with Gasteiger partial charge in [-0.15, -0.1) is 0 Å². The molecular weight excluding hydrogens is 210 g/mol. The number of aliphatic hydroxyl groups is 1. The first kappa shape index (κ1) is 11.4. The highest BCUT2D eigenvalue weighted by atomic mass is 16.4. The molecule has 2 aliphatic rings. The van der Waals surface area contributed by atoms with E-state index in [0.717, 1.165) is 6.42 Å². The number of carboxylic acid groups (broad SMARTS) is 1. The molecule has 90 valence electrons. The van der Waals surface area contributed by atoms with Gasteiger partial charge in [-0.25, -0.2) is 0 Å². The summed E-state index contributed by atoms with van der Waals surface area (Å²) in [6.07, 6.45) is 2.13.